The van der Waals surface area contributed by atoms with Crippen LogP contribution in [0.2, 0.25) is 5.15 Å². The molecule has 0 radical (unpaired) electrons. The zero-order valence-electron chi connectivity index (χ0n) is 9.91. The van der Waals surface area contributed by atoms with E-state index in [1.807, 2.05) is 30.1 Å². The summed E-state index contributed by atoms with van der Waals surface area (Å²) in [4.78, 5) is 14.1. The smallest absolute Gasteiger partial charge is 0.140 e. The molecule has 2 aromatic heterocycles. The summed E-state index contributed by atoms with van der Waals surface area (Å²) < 4.78 is 0. The van der Waals surface area contributed by atoms with Crippen LogP contribution in [-0.2, 0) is 13.2 Å². The van der Waals surface area contributed by atoms with Crippen molar-refractivity contribution in [1.29, 1.82) is 0 Å². The third kappa shape index (κ3) is 2.75. The molecule has 6 heteroatoms. The predicted octanol–water partition coefficient (Wildman–Crippen LogP) is 1.65. The summed E-state index contributed by atoms with van der Waals surface area (Å²) in [5, 5.41) is 9.58. The third-order valence-electron chi connectivity index (χ3n) is 2.52. The highest BCUT2D eigenvalue weighted by atomic mass is 35.5. The van der Waals surface area contributed by atoms with Crippen molar-refractivity contribution in [3.05, 3.63) is 47.1 Å². The van der Waals surface area contributed by atoms with Gasteiger partial charge in [-0.2, -0.15) is 0 Å². The summed E-state index contributed by atoms with van der Waals surface area (Å²) in [5.41, 5.74) is 1.44. The van der Waals surface area contributed by atoms with Crippen LogP contribution in [0.25, 0.3) is 0 Å². The molecule has 18 heavy (non-hydrogen) atoms. The first kappa shape index (κ1) is 12.7. The van der Waals surface area contributed by atoms with Crippen molar-refractivity contribution in [1.82, 2.24) is 15.0 Å². The molecule has 0 aliphatic carbocycles. The van der Waals surface area contributed by atoms with Crippen LogP contribution in [0.4, 0.5) is 5.82 Å². The SMILES string of the molecule is CN(Cc1ccccn1)c1ncnc(Cl)c1CO. The highest BCUT2D eigenvalue weighted by Gasteiger charge is 2.13. The van der Waals surface area contributed by atoms with Crippen LogP contribution in [0.5, 0.6) is 0 Å². The Morgan fingerprint density at radius 3 is 2.78 bits per heavy atom. The molecule has 0 aliphatic heterocycles. The van der Waals surface area contributed by atoms with E-state index in [0.29, 0.717) is 17.9 Å². The molecule has 0 amide bonds. The van der Waals surface area contributed by atoms with Crippen molar-refractivity contribution in [3.63, 3.8) is 0 Å². The van der Waals surface area contributed by atoms with Gasteiger partial charge >= 0.3 is 0 Å². The van der Waals surface area contributed by atoms with E-state index in [1.54, 1.807) is 6.20 Å². The third-order valence-corrected chi connectivity index (χ3v) is 2.84. The maximum atomic E-state index is 9.31. The predicted molar refractivity (Wildman–Crippen MR) is 69.3 cm³/mol. The van der Waals surface area contributed by atoms with Gasteiger partial charge in [0, 0.05) is 13.2 Å². The molecule has 94 valence electrons. The summed E-state index contributed by atoms with van der Waals surface area (Å²) in [6.07, 6.45) is 3.12. The number of aliphatic hydroxyl groups is 1. The second-order valence-electron chi connectivity index (χ2n) is 3.80. The minimum absolute atomic E-state index is 0.193. The van der Waals surface area contributed by atoms with Crippen LogP contribution in [0.15, 0.2) is 30.7 Å². The zero-order valence-corrected chi connectivity index (χ0v) is 10.7. The molecule has 0 bridgehead atoms. The van der Waals surface area contributed by atoms with Gasteiger partial charge in [0.05, 0.1) is 24.4 Å². The van der Waals surface area contributed by atoms with Crippen LogP contribution in [0, 0.1) is 0 Å². The van der Waals surface area contributed by atoms with Gasteiger partial charge in [-0.3, -0.25) is 4.98 Å². The molecule has 0 unspecified atom stereocenters. The van der Waals surface area contributed by atoms with Gasteiger partial charge in [0.1, 0.15) is 17.3 Å². The highest BCUT2D eigenvalue weighted by Crippen LogP contribution is 2.23. The lowest BCUT2D eigenvalue weighted by Crippen LogP contribution is -2.20. The van der Waals surface area contributed by atoms with Crippen molar-refractivity contribution in [2.45, 2.75) is 13.2 Å². The van der Waals surface area contributed by atoms with Crippen molar-refractivity contribution in [3.8, 4) is 0 Å². The minimum atomic E-state index is -0.193. The normalized spacial score (nSPS) is 10.4. The monoisotopic (exact) mass is 264 g/mol. The Kier molecular flexibility index (Phi) is 4.07. The van der Waals surface area contributed by atoms with E-state index >= 15 is 0 Å². The van der Waals surface area contributed by atoms with Gasteiger partial charge in [-0.15, -0.1) is 0 Å². The van der Waals surface area contributed by atoms with Crippen LogP contribution >= 0.6 is 11.6 Å². The van der Waals surface area contributed by atoms with E-state index in [1.165, 1.54) is 6.33 Å². The summed E-state index contributed by atoms with van der Waals surface area (Å²) in [5.74, 6) is 0.614. The minimum Gasteiger partial charge on any atom is -0.391 e. The molecule has 2 rings (SSSR count). The van der Waals surface area contributed by atoms with Crippen LogP contribution < -0.4 is 4.90 Å². The molecular weight excluding hydrogens is 252 g/mol. The van der Waals surface area contributed by atoms with Gasteiger partial charge in [-0.1, -0.05) is 17.7 Å². The average Bonchev–Trinajstić information content (AvgIpc) is 2.39. The Labute approximate surface area is 110 Å². The lowest BCUT2D eigenvalue weighted by Gasteiger charge is -2.20. The van der Waals surface area contributed by atoms with Gasteiger partial charge in [0.15, 0.2) is 0 Å². The van der Waals surface area contributed by atoms with Gasteiger partial charge in [0.25, 0.3) is 0 Å². The summed E-state index contributed by atoms with van der Waals surface area (Å²) in [6.45, 7) is 0.392. The fraction of sp³-hybridized carbons (Fsp3) is 0.250. The molecule has 2 heterocycles. The van der Waals surface area contributed by atoms with E-state index in [9.17, 15) is 5.11 Å². The van der Waals surface area contributed by atoms with Crippen molar-refractivity contribution >= 4 is 17.4 Å². The molecule has 0 aromatic carbocycles. The fourth-order valence-electron chi connectivity index (χ4n) is 1.66. The first-order valence-corrected chi connectivity index (χ1v) is 5.81. The number of hydrogen-bond acceptors (Lipinski definition) is 5. The molecule has 0 spiro atoms. The van der Waals surface area contributed by atoms with Crippen molar-refractivity contribution in [2.75, 3.05) is 11.9 Å². The topological polar surface area (TPSA) is 62.1 Å². The molecular formula is C12H13ClN4O. The Morgan fingerprint density at radius 1 is 1.28 bits per heavy atom. The van der Waals surface area contributed by atoms with Crippen molar-refractivity contribution in [2.24, 2.45) is 0 Å². The molecule has 0 atom stereocenters. The van der Waals surface area contributed by atoms with Gasteiger partial charge in [0.2, 0.25) is 0 Å². The maximum Gasteiger partial charge on any atom is 0.140 e. The maximum absolute atomic E-state index is 9.31. The molecule has 2 aromatic rings. The number of rotatable bonds is 4. The number of halogens is 1. The van der Waals surface area contributed by atoms with E-state index in [4.69, 9.17) is 11.6 Å². The first-order valence-electron chi connectivity index (χ1n) is 5.43. The highest BCUT2D eigenvalue weighted by molar-refractivity contribution is 6.30. The summed E-state index contributed by atoms with van der Waals surface area (Å²) >= 11 is 5.92. The Balaban J connectivity index is 2.24. The van der Waals surface area contributed by atoms with Gasteiger partial charge in [-0.05, 0) is 12.1 Å². The van der Waals surface area contributed by atoms with E-state index < -0.39 is 0 Å². The average molecular weight is 265 g/mol. The lowest BCUT2D eigenvalue weighted by molar-refractivity contribution is 0.281. The zero-order chi connectivity index (χ0) is 13.0. The second kappa shape index (κ2) is 5.75. The van der Waals surface area contributed by atoms with Crippen molar-refractivity contribution < 1.29 is 5.11 Å². The Morgan fingerprint density at radius 2 is 2.11 bits per heavy atom. The number of anilines is 1. The lowest BCUT2D eigenvalue weighted by atomic mass is 10.3. The van der Waals surface area contributed by atoms with Crippen LogP contribution in [0.3, 0.4) is 0 Å². The molecule has 5 nitrogen and oxygen atoms in total. The number of pyridine rings is 1. The summed E-state index contributed by atoms with van der Waals surface area (Å²) in [7, 11) is 1.87. The van der Waals surface area contributed by atoms with Crippen LogP contribution in [-0.4, -0.2) is 27.1 Å². The molecule has 1 N–H and O–H groups in total. The second-order valence-corrected chi connectivity index (χ2v) is 4.16. The van der Waals surface area contributed by atoms with Gasteiger partial charge < -0.3 is 10.0 Å². The van der Waals surface area contributed by atoms with E-state index in [-0.39, 0.29) is 11.8 Å². The first-order chi connectivity index (χ1) is 8.72. The fourth-order valence-corrected chi connectivity index (χ4v) is 1.84. The molecule has 0 saturated carbocycles. The number of aromatic nitrogens is 3. The molecule has 0 aliphatic rings. The standard InChI is InChI=1S/C12H13ClN4O/c1-17(6-9-4-2-3-5-14-9)12-10(7-18)11(13)15-8-16-12/h2-5,8,18H,6-7H2,1H3. The van der Waals surface area contributed by atoms with E-state index in [2.05, 4.69) is 15.0 Å². The van der Waals surface area contributed by atoms with Gasteiger partial charge in [-0.25, -0.2) is 9.97 Å². The number of aliphatic hydroxyl groups excluding tert-OH is 1. The molecule has 0 saturated heterocycles. The van der Waals surface area contributed by atoms with Crippen LogP contribution in [0.1, 0.15) is 11.3 Å². The Hall–Kier alpha value is -1.72. The number of hydrogen-bond donors (Lipinski definition) is 1. The molecule has 0 fully saturated rings. The largest absolute Gasteiger partial charge is 0.391 e. The Bertz CT molecular complexity index is 521. The quantitative estimate of drug-likeness (QED) is 0.851. The summed E-state index contributed by atoms with van der Waals surface area (Å²) in [6, 6.07) is 5.72. The van der Waals surface area contributed by atoms with E-state index in [0.717, 1.165) is 5.69 Å². The number of nitrogens with zero attached hydrogens (tertiary/aromatic N) is 4.